The number of hydrogen-bond donors (Lipinski definition) is 3. The Kier molecular flexibility index (Phi) is 8.01. The number of aromatic carboxylic acids is 1. The monoisotopic (exact) mass is 194 g/mol. The molecule has 1 rings (SSSR count). The van der Waals surface area contributed by atoms with Gasteiger partial charge in [-0.2, -0.15) is 0 Å². The molecule has 0 fully saturated rings. The van der Waals surface area contributed by atoms with Crippen molar-refractivity contribution in [2.24, 2.45) is 0 Å². The van der Waals surface area contributed by atoms with Crippen molar-refractivity contribution in [1.82, 2.24) is 6.15 Å². The Hall–Kier alpha value is 0.0864. The summed E-state index contributed by atoms with van der Waals surface area (Å²) in [5, 5.41) is 17.3. The largest absolute Gasteiger partial charge is 0.507 e. The number of carboxylic acid groups (broad SMARTS) is 1. The zero-order chi connectivity index (χ0) is 7.56. The summed E-state index contributed by atoms with van der Waals surface area (Å²) in [5.41, 5.74) is -0.0671. The number of para-hydroxylation sites is 1. The van der Waals surface area contributed by atoms with E-state index in [4.69, 9.17) is 10.2 Å². The molecule has 61 valence electrons. The van der Waals surface area contributed by atoms with Crippen LogP contribution in [0.1, 0.15) is 10.4 Å². The van der Waals surface area contributed by atoms with Crippen LogP contribution in [0, 0.1) is 0 Å². The van der Waals surface area contributed by atoms with Gasteiger partial charge in [-0.15, -0.1) is 0 Å². The first-order valence-electron chi connectivity index (χ1n) is 2.73. The summed E-state index contributed by atoms with van der Waals surface area (Å²) in [7, 11) is 0. The fourth-order valence-electron chi connectivity index (χ4n) is 0.654. The molecule has 1 aromatic carbocycles. The van der Waals surface area contributed by atoms with Crippen LogP contribution in [0.5, 0.6) is 5.75 Å². The van der Waals surface area contributed by atoms with Crippen molar-refractivity contribution in [1.29, 1.82) is 0 Å². The fourth-order valence-corrected chi connectivity index (χ4v) is 0.654. The third-order valence-corrected chi connectivity index (χ3v) is 1.13. The van der Waals surface area contributed by atoms with Gasteiger partial charge in [0, 0.05) is 51.4 Å². The van der Waals surface area contributed by atoms with Crippen LogP contribution in [0.3, 0.4) is 0 Å². The summed E-state index contributed by atoms with van der Waals surface area (Å²) < 4.78 is 0. The van der Waals surface area contributed by atoms with Crippen LogP contribution in [0.15, 0.2) is 24.3 Å². The first kappa shape index (κ1) is 14.6. The Morgan fingerprint density at radius 1 is 1.25 bits per heavy atom. The molecule has 0 atom stereocenters. The molecule has 0 spiro atoms. The number of benzene rings is 1. The van der Waals surface area contributed by atoms with Gasteiger partial charge in [-0.1, -0.05) is 12.1 Å². The maximum Gasteiger partial charge on any atom is 0.339 e. The van der Waals surface area contributed by atoms with Gasteiger partial charge in [0.2, 0.25) is 0 Å². The standard InChI is InChI=1S/C7H6O3.K.H3N/c8-6-4-2-1-3-5(6)7(9)10;;/h1-4,8H,(H,9,10);;1H3. The molecule has 1 aromatic rings. The van der Waals surface area contributed by atoms with Gasteiger partial charge in [0.05, 0.1) is 0 Å². The molecule has 5 N–H and O–H groups in total. The molecule has 0 amide bonds. The molecule has 0 saturated heterocycles. The average molecular weight is 194 g/mol. The van der Waals surface area contributed by atoms with Gasteiger partial charge in [0.15, 0.2) is 0 Å². The summed E-state index contributed by atoms with van der Waals surface area (Å²) >= 11 is 0. The predicted molar refractivity (Wildman–Crippen MR) is 45.8 cm³/mol. The minimum absolute atomic E-state index is 0. The number of phenols is 1. The molecule has 0 unspecified atom stereocenters. The molecular weight excluding hydrogens is 185 g/mol. The van der Waals surface area contributed by atoms with Crippen LogP contribution in [-0.2, 0) is 0 Å². The van der Waals surface area contributed by atoms with Crippen molar-refractivity contribution in [2.45, 2.75) is 0 Å². The van der Waals surface area contributed by atoms with E-state index in [-0.39, 0.29) is 68.8 Å². The van der Waals surface area contributed by atoms with Crippen LogP contribution in [-0.4, -0.2) is 67.6 Å². The topological polar surface area (TPSA) is 92.5 Å². The van der Waals surface area contributed by atoms with Crippen molar-refractivity contribution in [3.63, 3.8) is 0 Å². The summed E-state index contributed by atoms with van der Waals surface area (Å²) in [6.07, 6.45) is 0. The number of carboxylic acids is 1. The zero-order valence-corrected chi connectivity index (χ0v) is 9.94. The van der Waals surface area contributed by atoms with Gasteiger partial charge in [0.1, 0.15) is 11.3 Å². The van der Waals surface area contributed by atoms with Crippen molar-refractivity contribution < 1.29 is 15.0 Å². The third-order valence-electron chi connectivity index (χ3n) is 1.13. The van der Waals surface area contributed by atoms with Gasteiger partial charge < -0.3 is 16.4 Å². The molecule has 0 aliphatic rings. The molecule has 4 nitrogen and oxygen atoms in total. The zero-order valence-electron chi connectivity index (χ0n) is 6.82. The van der Waals surface area contributed by atoms with E-state index in [1.807, 2.05) is 0 Å². The maximum absolute atomic E-state index is 10.3. The van der Waals surface area contributed by atoms with Crippen molar-refractivity contribution in [2.75, 3.05) is 0 Å². The number of rotatable bonds is 1. The van der Waals surface area contributed by atoms with E-state index >= 15 is 0 Å². The summed E-state index contributed by atoms with van der Waals surface area (Å²) in [5.74, 6) is -1.31. The molecular formula is C7H9KNO3. The van der Waals surface area contributed by atoms with Crippen molar-refractivity contribution in [3.05, 3.63) is 29.8 Å². The van der Waals surface area contributed by atoms with E-state index in [9.17, 15) is 4.79 Å². The second kappa shape index (κ2) is 6.59. The van der Waals surface area contributed by atoms with Crippen LogP contribution in [0.2, 0.25) is 0 Å². The first-order chi connectivity index (χ1) is 4.72. The van der Waals surface area contributed by atoms with Gasteiger partial charge >= 0.3 is 5.97 Å². The Morgan fingerprint density at radius 2 is 1.75 bits per heavy atom. The Morgan fingerprint density at radius 3 is 2.08 bits per heavy atom. The van der Waals surface area contributed by atoms with E-state index in [1.165, 1.54) is 12.1 Å². The Labute approximate surface area is 113 Å². The van der Waals surface area contributed by atoms with Crippen LogP contribution >= 0.6 is 0 Å². The van der Waals surface area contributed by atoms with E-state index in [0.717, 1.165) is 0 Å². The van der Waals surface area contributed by atoms with Gasteiger partial charge in [0.25, 0.3) is 0 Å². The molecule has 0 heterocycles. The third kappa shape index (κ3) is 3.66. The molecule has 1 radical (unpaired) electrons. The van der Waals surface area contributed by atoms with Crippen LogP contribution in [0.4, 0.5) is 0 Å². The Balaban J connectivity index is 0. The molecule has 0 saturated carbocycles. The fraction of sp³-hybridized carbons (Fsp3) is 0. The maximum atomic E-state index is 10.3. The minimum atomic E-state index is -1.11. The smallest absolute Gasteiger partial charge is 0.339 e. The van der Waals surface area contributed by atoms with E-state index < -0.39 is 5.97 Å². The average Bonchev–Trinajstić information content (AvgIpc) is 1.88. The van der Waals surface area contributed by atoms with Crippen molar-refractivity contribution in [3.8, 4) is 5.75 Å². The summed E-state index contributed by atoms with van der Waals surface area (Å²) in [4.78, 5) is 10.3. The van der Waals surface area contributed by atoms with E-state index in [0.29, 0.717) is 0 Å². The van der Waals surface area contributed by atoms with E-state index in [1.54, 1.807) is 12.1 Å². The SMILES string of the molecule is N.O=C(O)c1ccccc1O.[K]. The van der Waals surface area contributed by atoms with Crippen LogP contribution in [0.25, 0.3) is 0 Å². The summed E-state index contributed by atoms with van der Waals surface area (Å²) in [6.45, 7) is 0. The van der Waals surface area contributed by atoms with E-state index in [2.05, 4.69) is 0 Å². The molecule has 0 aliphatic carbocycles. The quantitative estimate of drug-likeness (QED) is 0.578. The molecule has 0 aromatic heterocycles. The molecule has 0 aliphatic heterocycles. The second-order valence-electron chi connectivity index (χ2n) is 1.82. The number of carbonyl (C=O) groups is 1. The molecule has 5 heteroatoms. The van der Waals surface area contributed by atoms with Crippen molar-refractivity contribution >= 4 is 57.4 Å². The number of hydrogen-bond acceptors (Lipinski definition) is 3. The summed E-state index contributed by atoms with van der Waals surface area (Å²) in [6, 6.07) is 5.81. The van der Waals surface area contributed by atoms with Gasteiger partial charge in [-0.25, -0.2) is 4.79 Å². The first-order valence-corrected chi connectivity index (χ1v) is 2.73. The molecule has 0 bridgehead atoms. The van der Waals surface area contributed by atoms with Crippen LogP contribution < -0.4 is 6.15 Å². The van der Waals surface area contributed by atoms with Gasteiger partial charge in [-0.3, -0.25) is 0 Å². The Bertz CT molecular complexity index is 265. The predicted octanol–water partition coefficient (Wildman–Crippen LogP) is 0.872. The normalized spacial score (nSPS) is 7.67. The van der Waals surface area contributed by atoms with Gasteiger partial charge in [-0.05, 0) is 12.1 Å². The second-order valence-corrected chi connectivity index (χ2v) is 1.82. The number of aromatic hydroxyl groups is 1. The molecule has 12 heavy (non-hydrogen) atoms. The minimum Gasteiger partial charge on any atom is -0.507 e.